The largest absolute Gasteiger partial charge is 0.494 e. The van der Waals surface area contributed by atoms with E-state index < -0.39 is 0 Å². The topological polar surface area (TPSA) is 24.9 Å². The van der Waals surface area contributed by atoms with Crippen LogP contribution in [0, 0.1) is 5.41 Å². The van der Waals surface area contributed by atoms with Gasteiger partial charge < -0.3 is 19.3 Å². The first-order chi connectivity index (χ1) is 17.1. The van der Waals surface area contributed by atoms with Crippen LogP contribution in [0.25, 0.3) is 11.3 Å². The first kappa shape index (κ1) is 26.2. The lowest BCUT2D eigenvalue weighted by molar-refractivity contribution is 0.118. The lowest BCUT2D eigenvalue weighted by atomic mass is 9.82. The fraction of sp³-hybridized carbons (Fsp3) is 0.500. The molecule has 4 rings (SSSR count). The van der Waals surface area contributed by atoms with Crippen LogP contribution >= 0.6 is 0 Å². The third-order valence-corrected chi connectivity index (χ3v) is 7.81. The summed E-state index contributed by atoms with van der Waals surface area (Å²) in [5.74, 6) is 1.69. The van der Waals surface area contributed by atoms with Crippen molar-refractivity contribution in [2.75, 3.05) is 20.2 Å². The molecule has 2 aliphatic heterocycles. The van der Waals surface area contributed by atoms with Gasteiger partial charge in [0.15, 0.2) is 0 Å². The number of likely N-dealkylation sites (N-methyl/N-ethyl adjacent to an activating group) is 1. The highest BCUT2D eigenvalue weighted by Gasteiger charge is 2.40. The van der Waals surface area contributed by atoms with Gasteiger partial charge in [0.05, 0.1) is 30.1 Å². The molecule has 4 nitrogen and oxygen atoms in total. The molecule has 194 valence electrons. The number of nitrogens with zero attached hydrogens (tertiary/aromatic N) is 2. The van der Waals surface area contributed by atoms with Crippen LogP contribution in [0.5, 0.6) is 5.75 Å². The van der Waals surface area contributed by atoms with E-state index in [2.05, 4.69) is 95.1 Å². The standard InChI is InChI=1S/C32H44N2O2/c1-10-21(3)30-25(16-13-17-28(30)36-24-14-12-15-24)31-27-18-22(4)26(23(5)35-11-2)19-34(27)29(20-33(31)9)32(6,7)8/h13,16-19,24,29H,4-5,10-12,14-15,20H2,1-3,6-9H3/b30-21?,31-25-. The van der Waals surface area contributed by atoms with Crippen molar-refractivity contribution in [3.63, 3.8) is 0 Å². The van der Waals surface area contributed by atoms with Crippen molar-refractivity contribution >= 4 is 11.3 Å². The highest BCUT2D eigenvalue weighted by Crippen LogP contribution is 2.41. The van der Waals surface area contributed by atoms with Gasteiger partial charge in [-0.1, -0.05) is 58.6 Å². The van der Waals surface area contributed by atoms with Gasteiger partial charge in [0.1, 0.15) is 11.5 Å². The predicted molar refractivity (Wildman–Crippen MR) is 151 cm³/mol. The van der Waals surface area contributed by atoms with Crippen molar-refractivity contribution in [3.05, 3.63) is 76.7 Å². The molecule has 1 aromatic carbocycles. The second-order valence-electron chi connectivity index (χ2n) is 11.5. The van der Waals surface area contributed by atoms with E-state index in [-0.39, 0.29) is 11.5 Å². The van der Waals surface area contributed by atoms with Crippen molar-refractivity contribution in [1.29, 1.82) is 0 Å². The number of benzene rings is 1. The Morgan fingerprint density at radius 1 is 1.17 bits per heavy atom. The number of rotatable bonds is 6. The number of ether oxygens (including phenoxy) is 2. The number of fused-ring (bicyclic) bond motifs is 1. The minimum atomic E-state index is 0.0651. The number of hydrogen-bond donors (Lipinski definition) is 0. The molecule has 1 atom stereocenters. The van der Waals surface area contributed by atoms with Gasteiger partial charge in [0.25, 0.3) is 0 Å². The average Bonchev–Trinajstić information content (AvgIpc) is 2.79. The van der Waals surface area contributed by atoms with Crippen molar-refractivity contribution in [1.82, 2.24) is 9.80 Å². The molecule has 0 N–H and O–H groups in total. The third kappa shape index (κ3) is 4.87. The second-order valence-corrected chi connectivity index (χ2v) is 11.5. The monoisotopic (exact) mass is 488 g/mol. The molecule has 0 bridgehead atoms. The maximum absolute atomic E-state index is 6.54. The van der Waals surface area contributed by atoms with Crippen LogP contribution < -0.4 is 15.2 Å². The Morgan fingerprint density at radius 2 is 1.89 bits per heavy atom. The molecule has 1 saturated carbocycles. The van der Waals surface area contributed by atoms with E-state index in [1.165, 1.54) is 33.8 Å². The third-order valence-electron chi connectivity index (χ3n) is 7.81. The van der Waals surface area contributed by atoms with Gasteiger partial charge >= 0.3 is 0 Å². The Hall–Kier alpha value is -2.88. The summed E-state index contributed by atoms with van der Waals surface area (Å²) >= 11 is 0. The Bertz CT molecular complexity index is 1220. The fourth-order valence-electron chi connectivity index (χ4n) is 5.34. The van der Waals surface area contributed by atoms with Gasteiger partial charge in [0.2, 0.25) is 0 Å². The molecule has 0 radical (unpaired) electrons. The normalized spacial score (nSPS) is 22.9. The lowest BCUT2D eigenvalue weighted by Crippen LogP contribution is -2.55. The molecule has 0 spiro atoms. The Kier molecular flexibility index (Phi) is 7.45. The minimum Gasteiger partial charge on any atom is -0.494 e. The first-order valence-electron chi connectivity index (χ1n) is 13.5. The lowest BCUT2D eigenvalue weighted by Gasteiger charge is -2.50. The molecule has 2 fully saturated rings. The SMILES string of the molecule is C=C1C=C2/C(=c3\cccc(OC4CCC4)c3=C(C)CC)N(C)CC(C(C)(C)C)N2C=C1C(=C)OCC. The van der Waals surface area contributed by atoms with E-state index >= 15 is 0 Å². The summed E-state index contributed by atoms with van der Waals surface area (Å²) in [6, 6.07) is 6.83. The van der Waals surface area contributed by atoms with Gasteiger partial charge in [-0.3, -0.25) is 0 Å². The van der Waals surface area contributed by atoms with Crippen LogP contribution in [0.3, 0.4) is 0 Å². The molecule has 1 unspecified atom stereocenters. The van der Waals surface area contributed by atoms with Crippen LogP contribution in [0.15, 0.2) is 66.2 Å². The quantitative estimate of drug-likeness (QED) is 0.469. The maximum atomic E-state index is 6.54. The van der Waals surface area contributed by atoms with E-state index in [0.717, 1.165) is 42.7 Å². The number of allylic oxidation sites excluding steroid dienone is 2. The smallest absolute Gasteiger partial charge is 0.127 e. The molecule has 3 aliphatic rings. The summed E-state index contributed by atoms with van der Waals surface area (Å²) in [4.78, 5) is 4.87. The van der Waals surface area contributed by atoms with Crippen LogP contribution in [0.2, 0.25) is 0 Å². The van der Waals surface area contributed by atoms with Crippen molar-refractivity contribution in [2.24, 2.45) is 5.41 Å². The van der Waals surface area contributed by atoms with E-state index in [1.54, 1.807) is 0 Å². The molecule has 2 heterocycles. The highest BCUT2D eigenvalue weighted by molar-refractivity contribution is 5.70. The van der Waals surface area contributed by atoms with Gasteiger partial charge in [-0.15, -0.1) is 0 Å². The van der Waals surface area contributed by atoms with Crippen LogP contribution in [-0.4, -0.2) is 42.1 Å². The Labute approximate surface area is 218 Å². The molecule has 4 heteroatoms. The molecule has 1 saturated heterocycles. The molecule has 1 aromatic rings. The summed E-state index contributed by atoms with van der Waals surface area (Å²) in [5.41, 5.74) is 5.71. The summed E-state index contributed by atoms with van der Waals surface area (Å²) in [6.07, 6.45) is 9.30. The molecule has 0 amide bonds. The molecule has 1 aliphatic carbocycles. The Balaban J connectivity index is 1.97. The highest BCUT2D eigenvalue weighted by atomic mass is 16.5. The molecule has 0 aromatic heterocycles. The number of hydrogen-bond acceptors (Lipinski definition) is 4. The fourth-order valence-corrected chi connectivity index (χ4v) is 5.34. The van der Waals surface area contributed by atoms with Crippen LogP contribution in [0.4, 0.5) is 0 Å². The van der Waals surface area contributed by atoms with Gasteiger partial charge in [-0.05, 0) is 62.7 Å². The Morgan fingerprint density at radius 3 is 2.47 bits per heavy atom. The van der Waals surface area contributed by atoms with Crippen LogP contribution in [-0.2, 0) is 4.74 Å². The second kappa shape index (κ2) is 10.2. The van der Waals surface area contributed by atoms with E-state index in [0.29, 0.717) is 18.5 Å². The summed E-state index contributed by atoms with van der Waals surface area (Å²) in [6.45, 7) is 23.5. The number of piperazine rings is 1. The summed E-state index contributed by atoms with van der Waals surface area (Å²) in [5, 5.41) is 2.47. The van der Waals surface area contributed by atoms with E-state index in [1.807, 2.05) is 6.92 Å². The van der Waals surface area contributed by atoms with E-state index in [4.69, 9.17) is 9.47 Å². The summed E-state index contributed by atoms with van der Waals surface area (Å²) in [7, 11) is 2.22. The predicted octanol–water partition coefficient (Wildman–Crippen LogP) is 5.86. The molecular weight excluding hydrogens is 444 g/mol. The van der Waals surface area contributed by atoms with Crippen molar-refractivity contribution in [2.45, 2.75) is 79.4 Å². The zero-order valence-electron chi connectivity index (χ0n) is 23.4. The van der Waals surface area contributed by atoms with Gasteiger partial charge in [-0.2, -0.15) is 0 Å². The zero-order valence-corrected chi connectivity index (χ0v) is 23.4. The average molecular weight is 489 g/mol. The van der Waals surface area contributed by atoms with Crippen molar-refractivity contribution in [3.8, 4) is 5.75 Å². The first-order valence-corrected chi connectivity index (χ1v) is 13.5. The molecular formula is C32H44N2O2. The van der Waals surface area contributed by atoms with E-state index in [9.17, 15) is 0 Å². The minimum absolute atomic E-state index is 0.0651. The van der Waals surface area contributed by atoms with Crippen LogP contribution in [0.1, 0.15) is 67.2 Å². The zero-order chi connectivity index (χ0) is 26.2. The maximum Gasteiger partial charge on any atom is 0.127 e. The van der Waals surface area contributed by atoms with Gasteiger partial charge in [0, 0.05) is 35.8 Å². The van der Waals surface area contributed by atoms with Crippen molar-refractivity contribution < 1.29 is 9.47 Å². The molecule has 36 heavy (non-hydrogen) atoms. The summed E-state index contributed by atoms with van der Waals surface area (Å²) < 4.78 is 12.3. The van der Waals surface area contributed by atoms with Gasteiger partial charge in [-0.25, -0.2) is 0 Å².